The summed E-state index contributed by atoms with van der Waals surface area (Å²) in [6, 6.07) is 8.66. The summed E-state index contributed by atoms with van der Waals surface area (Å²) >= 11 is 0. The zero-order valence-corrected chi connectivity index (χ0v) is 17.3. The first-order valence-electron chi connectivity index (χ1n) is 10.7. The number of benzene rings is 1. The van der Waals surface area contributed by atoms with Gasteiger partial charge in [-0.3, -0.25) is 4.90 Å². The molecule has 3 aliphatic carbocycles. The molecule has 0 aromatic heterocycles. The molecule has 0 unspecified atom stereocenters. The number of fused-ring (bicyclic) bond motifs is 2. The predicted octanol–water partition coefficient (Wildman–Crippen LogP) is 4.06. The number of ether oxygens (including phenoxy) is 1. The standard InChI is InChI=1S/C23H34N2O2/c1-5-27-22(26)17-6-8-19(9-7-17)24-10-12-25(13-11-24)21-15-18-14-20(16(21)2)23(18,3)4/h6-9,16,18,20-21H,5,10-15H2,1-4H3/t16-,18+,20-,21-/m0/s1. The Kier molecular flexibility index (Phi) is 4.96. The summed E-state index contributed by atoms with van der Waals surface area (Å²) in [6.07, 6.45) is 2.84. The number of rotatable bonds is 4. The third-order valence-electron chi connectivity index (χ3n) is 7.84. The maximum atomic E-state index is 11.8. The smallest absolute Gasteiger partial charge is 0.338 e. The molecule has 27 heavy (non-hydrogen) atoms. The maximum absolute atomic E-state index is 11.8. The Balaban J connectivity index is 1.34. The molecule has 4 heteroatoms. The molecule has 4 atom stereocenters. The van der Waals surface area contributed by atoms with Gasteiger partial charge >= 0.3 is 5.97 Å². The Morgan fingerprint density at radius 2 is 1.78 bits per heavy atom. The van der Waals surface area contributed by atoms with Crippen LogP contribution in [0.3, 0.4) is 0 Å². The molecule has 148 valence electrons. The highest BCUT2D eigenvalue weighted by molar-refractivity contribution is 5.89. The highest BCUT2D eigenvalue weighted by Gasteiger charge is 2.57. The van der Waals surface area contributed by atoms with Gasteiger partial charge in [-0.2, -0.15) is 0 Å². The molecule has 1 aromatic carbocycles. The Labute approximate surface area is 163 Å². The van der Waals surface area contributed by atoms with Crippen molar-refractivity contribution in [3.8, 4) is 0 Å². The molecule has 0 amide bonds. The number of piperazine rings is 1. The minimum absolute atomic E-state index is 0.235. The lowest BCUT2D eigenvalue weighted by Gasteiger charge is -2.64. The van der Waals surface area contributed by atoms with Crippen LogP contribution in [0, 0.1) is 23.2 Å². The van der Waals surface area contributed by atoms with E-state index in [2.05, 4.69) is 42.7 Å². The molecule has 5 rings (SSSR count). The lowest BCUT2D eigenvalue weighted by Crippen LogP contribution is -2.63. The quantitative estimate of drug-likeness (QED) is 0.749. The fraction of sp³-hybridized carbons (Fsp3) is 0.696. The molecule has 2 bridgehead atoms. The van der Waals surface area contributed by atoms with E-state index in [1.165, 1.54) is 18.5 Å². The molecule has 1 aromatic rings. The fourth-order valence-corrected chi connectivity index (χ4v) is 5.94. The van der Waals surface area contributed by atoms with E-state index in [1.807, 2.05) is 19.1 Å². The molecule has 4 aliphatic rings. The molecule has 1 heterocycles. The average Bonchev–Trinajstić information content (AvgIpc) is 2.68. The second-order valence-corrected chi connectivity index (χ2v) is 9.31. The second kappa shape index (κ2) is 7.12. The second-order valence-electron chi connectivity index (χ2n) is 9.31. The van der Waals surface area contributed by atoms with Crippen molar-refractivity contribution in [1.29, 1.82) is 0 Å². The van der Waals surface area contributed by atoms with E-state index in [1.54, 1.807) is 0 Å². The maximum Gasteiger partial charge on any atom is 0.338 e. The van der Waals surface area contributed by atoms with Crippen LogP contribution in [0.1, 0.15) is 50.9 Å². The van der Waals surface area contributed by atoms with Gasteiger partial charge in [-0.15, -0.1) is 0 Å². The SMILES string of the molecule is CCOC(=O)c1ccc(N2CCN([C@H]3C[C@H]4C[C@@H]([C@@H]3C)C4(C)C)CC2)cc1. The lowest BCUT2D eigenvalue weighted by molar-refractivity contribution is -0.139. The van der Waals surface area contributed by atoms with Crippen LogP contribution in [0.15, 0.2) is 24.3 Å². The van der Waals surface area contributed by atoms with Crippen LogP contribution in [0.4, 0.5) is 5.69 Å². The Morgan fingerprint density at radius 3 is 2.33 bits per heavy atom. The van der Waals surface area contributed by atoms with Gasteiger partial charge in [0.2, 0.25) is 0 Å². The zero-order chi connectivity index (χ0) is 19.2. The van der Waals surface area contributed by atoms with Crippen molar-refractivity contribution in [2.45, 2.75) is 46.6 Å². The van der Waals surface area contributed by atoms with Crippen LogP contribution in [0.25, 0.3) is 0 Å². The number of esters is 1. The summed E-state index contributed by atoms with van der Waals surface area (Å²) in [5.41, 5.74) is 2.42. The van der Waals surface area contributed by atoms with Gasteiger partial charge in [-0.25, -0.2) is 4.79 Å². The summed E-state index contributed by atoms with van der Waals surface area (Å²) < 4.78 is 5.07. The number of anilines is 1. The van der Waals surface area contributed by atoms with Crippen molar-refractivity contribution in [1.82, 2.24) is 4.90 Å². The Bertz CT molecular complexity index is 676. The number of carbonyl (C=O) groups excluding carboxylic acids is 1. The summed E-state index contributed by atoms with van der Waals surface area (Å²) in [6.45, 7) is 14.1. The van der Waals surface area contributed by atoms with Gasteiger partial charge in [0.05, 0.1) is 12.2 Å². The number of hydrogen-bond acceptors (Lipinski definition) is 4. The summed E-state index contributed by atoms with van der Waals surface area (Å²) in [7, 11) is 0. The van der Waals surface area contributed by atoms with Gasteiger partial charge in [0.1, 0.15) is 0 Å². The Hall–Kier alpha value is -1.55. The fourth-order valence-electron chi connectivity index (χ4n) is 5.94. The van der Waals surface area contributed by atoms with Gasteiger partial charge < -0.3 is 9.64 Å². The highest BCUT2D eigenvalue weighted by Crippen LogP contribution is 2.62. The first kappa shape index (κ1) is 18.8. The van der Waals surface area contributed by atoms with Crippen molar-refractivity contribution in [2.75, 3.05) is 37.7 Å². The molecule has 4 fully saturated rings. The molecule has 4 nitrogen and oxygen atoms in total. The molecule has 1 aliphatic heterocycles. The molecule has 1 saturated heterocycles. The van der Waals surface area contributed by atoms with Crippen molar-refractivity contribution in [2.24, 2.45) is 23.2 Å². The first-order chi connectivity index (χ1) is 12.9. The molecule has 3 saturated carbocycles. The van der Waals surface area contributed by atoms with Gasteiger partial charge in [-0.05, 0) is 67.2 Å². The molecule has 0 N–H and O–H groups in total. The van der Waals surface area contributed by atoms with E-state index in [0.717, 1.165) is 50.0 Å². The van der Waals surface area contributed by atoms with Crippen LogP contribution in [0.5, 0.6) is 0 Å². The summed E-state index contributed by atoms with van der Waals surface area (Å²) in [4.78, 5) is 17.0. The van der Waals surface area contributed by atoms with Gasteiger partial charge in [-0.1, -0.05) is 20.8 Å². The van der Waals surface area contributed by atoms with E-state index in [9.17, 15) is 4.79 Å². The van der Waals surface area contributed by atoms with Crippen LogP contribution in [-0.4, -0.2) is 49.7 Å². The topological polar surface area (TPSA) is 32.8 Å². The van der Waals surface area contributed by atoms with Crippen molar-refractivity contribution in [3.05, 3.63) is 29.8 Å². The highest BCUT2D eigenvalue weighted by atomic mass is 16.5. The largest absolute Gasteiger partial charge is 0.462 e. The first-order valence-corrected chi connectivity index (χ1v) is 10.7. The van der Waals surface area contributed by atoms with Crippen molar-refractivity contribution < 1.29 is 9.53 Å². The molecule has 0 spiro atoms. The number of hydrogen-bond donors (Lipinski definition) is 0. The van der Waals surface area contributed by atoms with Gasteiger partial charge in [0.25, 0.3) is 0 Å². The third kappa shape index (κ3) is 3.26. The van der Waals surface area contributed by atoms with E-state index in [4.69, 9.17) is 4.74 Å². The van der Waals surface area contributed by atoms with Crippen LogP contribution in [0.2, 0.25) is 0 Å². The minimum atomic E-state index is -0.235. The van der Waals surface area contributed by atoms with Gasteiger partial charge in [0.15, 0.2) is 0 Å². The number of nitrogens with zero attached hydrogens (tertiary/aromatic N) is 2. The summed E-state index contributed by atoms with van der Waals surface area (Å²) in [5.74, 6) is 2.42. The van der Waals surface area contributed by atoms with Gasteiger partial charge in [0, 0.05) is 37.9 Å². The minimum Gasteiger partial charge on any atom is -0.462 e. The predicted molar refractivity (Wildman–Crippen MR) is 109 cm³/mol. The zero-order valence-electron chi connectivity index (χ0n) is 17.3. The van der Waals surface area contributed by atoms with E-state index in [-0.39, 0.29) is 5.97 Å². The third-order valence-corrected chi connectivity index (χ3v) is 7.84. The van der Waals surface area contributed by atoms with Crippen LogP contribution >= 0.6 is 0 Å². The van der Waals surface area contributed by atoms with E-state index < -0.39 is 0 Å². The average molecular weight is 371 g/mol. The van der Waals surface area contributed by atoms with E-state index >= 15 is 0 Å². The lowest BCUT2D eigenvalue weighted by atomic mass is 9.44. The van der Waals surface area contributed by atoms with Crippen LogP contribution < -0.4 is 4.90 Å². The van der Waals surface area contributed by atoms with E-state index in [0.29, 0.717) is 17.6 Å². The summed E-state index contributed by atoms with van der Waals surface area (Å²) in [5, 5.41) is 0. The Morgan fingerprint density at radius 1 is 1.11 bits per heavy atom. The molecular formula is C23H34N2O2. The normalized spacial score (nSPS) is 32.7. The van der Waals surface area contributed by atoms with Crippen LogP contribution in [-0.2, 0) is 4.74 Å². The molecular weight excluding hydrogens is 336 g/mol. The monoisotopic (exact) mass is 370 g/mol. The van der Waals surface area contributed by atoms with Crippen molar-refractivity contribution >= 4 is 11.7 Å². The molecule has 0 radical (unpaired) electrons. The van der Waals surface area contributed by atoms with Crippen molar-refractivity contribution in [3.63, 3.8) is 0 Å². The number of carbonyl (C=O) groups is 1.